The van der Waals surface area contributed by atoms with Crippen LogP contribution in [0, 0.1) is 17.3 Å². The zero-order valence-electron chi connectivity index (χ0n) is 11.4. The molecule has 2 fully saturated rings. The molecule has 2 aliphatic rings. The highest BCUT2D eigenvalue weighted by molar-refractivity contribution is 9.10. The number of hydrogen-bond donors (Lipinski definition) is 1. The molecule has 0 aromatic carbocycles. The molecule has 1 aromatic heterocycles. The highest BCUT2D eigenvalue weighted by atomic mass is 79.9. The van der Waals surface area contributed by atoms with Crippen LogP contribution in [0.1, 0.15) is 33.1 Å². The van der Waals surface area contributed by atoms with Crippen molar-refractivity contribution in [3.8, 4) is 0 Å². The van der Waals surface area contributed by atoms with Gasteiger partial charge in [0.15, 0.2) is 0 Å². The van der Waals surface area contributed by atoms with Crippen molar-refractivity contribution in [2.45, 2.75) is 39.7 Å². The van der Waals surface area contributed by atoms with Gasteiger partial charge in [0.05, 0.1) is 11.9 Å². The van der Waals surface area contributed by atoms with Gasteiger partial charge in [-0.15, -0.1) is 0 Å². The summed E-state index contributed by atoms with van der Waals surface area (Å²) in [7, 11) is 0. The molecule has 0 saturated heterocycles. The number of nitrogens with one attached hydrogen (secondary N) is 1. The first-order valence-electron chi connectivity index (χ1n) is 6.97. The van der Waals surface area contributed by atoms with E-state index in [1.54, 1.807) is 10.9 Å². The Morgan fingerprint density at radius 3 is 2.79 bits per heavy atom. The highest BCUT2D eigenvalue weighted by Crippen LogP contribution is 2.51. The van der Waals surface area contributed by atoms with Crippen LogP contribution in [-0.4, -0.2) is 16.3 Å². The lowest BCUT2D eigenvalue weighted by Gasteiger charge is -2.11. The van der Waals surface area contributed by atoms with Crippen molar-refractivity contribution in [1.82, 2.24) is 9.78 Å². The average Bonchev–Trinajstić information content (AvgIpc) is 3.24. The Bertz CT molecular complexity index is 548. The summed E-state index contributed by atoms with van der Waals surface area (Å²) in [6.45, 7) is 6.23. The van der Waals surface area contributed by atoms with Crippen molar-refractivity contribution in [2.75, 3.05) is 11.9 Å². The smallest absolute Gasteiger partial charge is 0.283 e. The van der Waals surface area contributed by atoms with Crippen LogP contribution < -0.4 is 10.9 Å². The van der Waals surface area contributed by atoms with Crippen LogP contribution in [0.2, 0.25) is 0 Å². The van der Waals surface area contributed by atoms with E-state index in [1.807, 2.05) is 0 Å². The first-order valence-corrected chi connectivity index (χ1v) is 7.76. The van der Waals surface area contributed by atoms with E-state index in [0.29, 0.717) is 21.7 Å². The first-order chi connectivity index (χ1) is 8.97. The summed E-state index contributed by atoms with van der Waals surface area (Å²) in [5.74, 6) is 1.36. The molecule has 0 spiro atoms. The molecule has 1 aromatic rings. The van der Waals surface area contributed by atoms with E-state index in [1.165, 1.54) is 19.3 Å². The third-order valence-electron chi connectivity index (χ3n) is 4.37. The van der Waals surface area contributed by atoms with E-state index < -0.39 is 0 Å². The average molecular weight is 326 g/mol. The summed E-state index contributed by atoms with van der Waals surface area (Å²) in [5.41, 5.74) is 1.25. The lowest BCUT2D eigenvalue weighted by molar-refractivity contribution is 0.531. The number of hydrogen-bond acceptors (Lipinski definition) is 3. The minimum atomic E-state index is -0.0213. The molecule has 5 heteroatoms. The zero-order valence-corrected chi connectivity index (χ0v) is 13.0. The van der Waals surface area contributed by atoms with Crippen LogP contribution in [0.5, 0.6) is 0 Å². The second-order valence-electron chi connectivity index (χ2n) is 6.57. The fraction of sp³-hybridized carbons (Fsp3) is 0.714. The van der Waals surface area contributed by atoms with Gasteiger partial charge < -0.3 is 5.32 Å². The van der Waals surface area contributed by atoms with Crippen LogP contribution in [-0.2, 0) is 6.54 Å². The molecule has 1 unspecified atom stereocenters. The fourth-order valence-corrected chi connectivity index (χ4v) is 2.87. The lowest BCUT2D eigenvalue weighted by Crippen LogP contribution is -2.25. The van der Waals surface area contributed by atoms with Gasteiger partial charge in [-0.1, -0.05) is 13.8 Å². The van der Waals surface area contributed by atoms with Gasteiger partial charge >= 0.3 is 0 Å². The summed E-state index contributed by atoms with van der Waals surface area (Å²) in [6, 6.07) is 0. The number of anilines is 1. The predicted octanol–water partition coefficient (Wildman–Crippen LogP) is 2.87. The van der Waals surface area contributed by atoms with Crippen molar-refractivity contribution in [1.29, 1.82) is 0 Å². The number of aromatic nitrogens is 2. The summed E-state index contributed by atoms with van der Waals surface area (Å²) in [6.07, 6.45) is 5.47. The van der Waals surface area contributed by atoms with Gasteiger partial charge in [-0.05, 0) is 52.4 Å². The van der Waals surface area contributed by atoms with Gasteiger partial charge in [-0.2, -0.15) is 5.10 Å². The summed E-state index contributed by atoms with van der Waals surface area (Å²) < 4.78 is 2.19. The third kappa shape index (κ3) is 2.86. The SMILES string of the molecule is CC1(C)CC1CNc1cnn(CC2CC2)c(=O)c1Br. The normalized spacial score (nSPS) is 24.3. The Morgan fingerprint density at radius 1 is 1.53 bits per heavy atom. The van der Waals surface area contributed by atoms with Gasteiger partial charge in [0.25, 0.3) is 5.56 Å². The molecule has 0 radical (unpaired) electrons. The summed E-state index contributed by atoms with van der Waals surface area (Å²) in [5, 5.41) is 7.61. The van der Waals surface area contributed by atoms with Crippen molar-refractivity contribution in [3.05, 3.63) is 21.0 Å². The van der Waals surface area contributed by atoms with Gasteiger partial charge in [0.2, 0.25) is 0 Å². The van der Waals surface area contributed by atoms with Crippen LogP contribution in [0.25, 0.3) is 0 Å². The fourth-order valence-electron chi connectivity index (χ4n) is 2.42. The quantitative estimate of drug-likeness (QED) is 0.905. The summed E-state index contributed by atoms with van der Waals surface area (Å²) in [4.78, 5) is 12.2. The van der Waals surface area contributed by atoms with Crippen LogP contribution >= 0.6 is 15.9 Å². The Morgan fingerprint density at radius 2 is 2.21 bits per heavy atom. The zero-order chi connectivity index (χ0) is 13.6. The molecule has 19 heavy (non-hydrogen) atoms. The molecule has 104 valence electrons. The minimum Gasteiger partial charge on any atom is -0.382 e. The molecule has 1 heterocycles. The van der Waals surface area contributed by atoms with E-state index in [4.69, 9.17) is 0 Å². The topological polar surface area (TPSA) is 46.9 Å². The van der Waals surface area contributed by atoms with Gasteiger partial charge in [0, 0.05) is 13.1 Å². The lowest BCUT2D eigenvalue weighted by atomic mass is 10.1. The maximum Gasteiger partial charge on any atom is 0.283 e. The van der Waals surface area contributed by atoms with Crippen LogP contribution in [0.15, 0.2) is 15.5 Å². The molecule has 0 aliphatic heterocycles. The number of rotatable bonds is 5. The first kappa shape index (κ1) is 13.2. The van der Waals surface area contributed by atoms with Crippen molar-refractivity contribution in [3.63, 3.8) is 0 Å². The van der Waals surface area contributed by atoms with Crippen molar-refractivity contribution < 1.29 is 0 Å². The van der Waals surface area contributed by atoms with Crippen molar-refractivity contribution in [2.24, 2.45) is 17.3 Å². The molecular weight excluding hydrogens is 306 g/mol. The third-order valence-corrected chi connectivity index (χ3v) is 5.14. The Labute approximate surface area is 121 Å². The summed E-state index contributed by atoms with van der Waals surface area (Å²) >= 11 is 3.40. The van der Waals surface area contributed by atoms with Crippen LogP contribution in [0.3, 0.4) is 0 Å². The molecular formula is C14H20BrN3O. The van der Waals surface area contributed by atoms with Crippen LogP contribution in [0.4, 0.5) is 5.69 Å². The van der Waals surface area contributed by atoms with Gasteiger partial charge in [0.1, 0.15) is 4.47 Å². The number of nitrogens with zero attached hydrogens (tertiary/aromatic N) is 2. The minimum absolute atomic E-state index is 0.0213. The molecule has 3 rings (SSSR count). The highest BCUT2D eigenvalue weighted by Gasteiger charge is 2.45. The number of halogens is 1. The second kappa shape index (κ2) is 4.62. The molecule has 1 atom stereocenters. The van der Waals surface area contributed by atoms with E-state index in [-0.39, 0.29) is 5.56 Å². The Kier molecular flexibility index (Phi) is 3.20. The predicted molar refractivity (Wildman–Crippen MR) is 79.3 cm³/mol. The monoisotopic (exact) mass is 325 g/mol. The van der Waals surface area contributed by atoms with Crippen molar-refractivity contribution >= 4 is 21.6 Å². The largest absolute Gasteiger partial charge is 0.382 e. The second-order valence-corrected chi connectivity index (χ2v) is 7.37. The molecule has 0 amide bonds. The van der Waals surface area contributed by atoms with Gasteiger partial charge in [-0.25, -0.2) is 4.68 Å². The Balaban J connectivity index is 1.68. The van der Waals surface area contributed by atoms with E-state index in [0.717, 1.165) is 18.8 Å². The maximum atomic E-state index is 12.2. The molecule has 1 N–H and O–H groups in total. The van der Waals surface area contributed by atoms with E-state index in [9.17, 15) is 4.79 Å². The molecule has 4 nitrogen and oxygen atoms in total. The standard InChI is InChI=1S/C14H20BrN3O/c1-14(2)5-10(14)6-16-11-7-17-18(8-9-3-4-9)13(19)12(11)15/h7,9-10,16H,3-6,8H2,1-2H3. The molecule has 2 aliphatic carbocycles. The maximum absolute atomic E-state index is 12.2. The Hall–Kier alpha value is -0.840. The van der Waals surface area contributed by atoms with E-state index >= 15 is 0 Å². The molecule has 2 saturated carbocycles. The van der Waals surface area contributed by atoms with E-state index in [2.05, 4.69) is 40.2 Å². The van der Waals surface area contributed by atoms with Gasteiger partial charge in [-0.3, -0.25) is 4.79 Å². The molecule has 0 bridgehead atoms.